The zero-order chi connectivity index (χ0) is 24.1. The number of aliphatic hydroxyl groups excluding tert-OH is 7. The van der Waals surface area contributed by atoms with E-state index in [1.807, 2.05) is 13.8 Å². The summed E-state index contributed by atoms with van der Waals surface area (Å²) in [7, 11) is 1.53. The van der Waals surface area contributed by atoms with Crippen LogP contribution in [0.25, 0.3) is 0 Å². The first-order chi connectivity index (χ1) is 14.7. The van der Waals surface area contributed by atoms with Crippen molar-refractivity contribution in [1.29, 1.82) is 0 Å². The van der Waals surface area contributed by atoms with Crippen LogP contribution in [0.2, 0.25) is 0 Å². The first kappa shape index (κ1) is 32.8. The predicted molar refractivity (Wildman–Crippen MR) is 119 cm³/mol. The summed E-state index contributed by atoms with van der Waals surface area (Å²) in [5.41, 5.74) is -0.202. The van der Waals surface area contributed by atoms with Crippen molar-refractivity contribution in [2.24, 2.45) is 5.41 Å². The summed E-state index contributed by atoms with van der Waals surface area (Å²) in [5.74, 6) is 0. The lowest BCUT2D eigenvalue weighted by atomic mass is 9.84. The highest BCUT2D eigenvalue weighted by atomic mass is 16.5. The maximum absolute atomic E-state index is 9.72. The highest BCUT2D eigenvalue weighted by Crippen LogP contribution is 2.25. The van der Waals surface area contributed by atoms with Crippen molar-refractivity contribution in [2.45, 2.75) is 89.6 Å². The lowest BCUT2D eigenvalue weighted by Crippen LogP contribution is -2.31. The van der Waals surface area contributed by atoms with Crippen molar-refractivity contribution in [3.63, 3.8) is 0 Å². The average molecular weight is 457 g/mol. The summed E-state index contributed by atoms with van der Waals surface area (Å²) in [6, 6.07) is 0. The lowest BCUT2D eigenvalue weighted by molar-refractivity contribution is -0.0340. The van der Waals surface area contributed by atoms with Crippen LogP contribution >= 0.6 is 0 Å². The number of hydrogen-bond acceptors (Lipinski definition) is 9. The number of hydrogen-bond donors (Lipinski definition) is 7. The number of rotatable bonds is 19. The average Bonchev–Trinajstić information content (AvgIpc) is 2.77. The molecule has 0 aliphatic carbocycles. The summed E-state index contributed by atoms with van der Waals surface area (Å²) < 4.78 is 10.2. The van der Waals surface area contributed by atoms with Crippen LogP contribution in [0, 0.1) is 5.41 Å². The number of methoxy groups -OCH3 is 1. The van der Waals surface area contributed by atoms with E-state index in [-0.39, 0.29) is 31.8 Å². The molecule has 9 nitrogen and oxygen atoms in total. The van der Waals surface area contributed by atoms with Crippen LogP contribution in [-0.4, -0.2) is 107 Å². The smallest absolute Gasteiger partial charge is 0.0773 e. The molecule has 0 radical (unpaired) electrons. The number of ether oxygens (including phenoxy) is 2. The van der Waals surface area contributed by atoms with Gasteiger partial charge in [0.15, 0.2) is 0 Å². The lowest BCUT2D eigenvalue weighted by Gasteiger charge is -2.29. The highest BCUT2D eigenvalue weighted by molar-refractivity contribution is 4.75. The Morgan fingerprint density at radius 3 is 1.45 bits per heavy atom. The van der Waals surface area contributed by atoms with Crippen molar-refractivity contribution in [3.05, 3.63) is 0 Å². The van der Waals surface area contributed by atoms with Crippen LogP contribution in [-0.2, 0) is 9.47 Å². The van der Waals surface area contributed by atoms with Crippen molar-refractivity contribution >= 4 is 0 Å². The van der Waals surface area contributed by atoms with Gasteiger partial charge < -0.3 is 45.2 Å². The molecule has 7 N–H and O–H groups in total. The zero-order valence-corrected chi connectivity index (χ0v) is 19.7. The van der Waals surface area contributed by atoms with Crippen LogP contribution in [0.3, 0.4) is 0 Å². The van der Waals surface area contributed by atoms with E-state index in [2.05, 4.69) is 0 Å². The van der Waals surface area contributed by atoms with Gasteiger partial charge in [0.1, 0.15) is 0 Å². The van der Waals surface area contributed by atoms with Gasteiger partial charge in [0.05, 0.1) is 64.1 Å². The van der Waals surface area contributed by atoms with Gasteiger partial charge in [0, 0.05) is 12.5 Å². The van der Waals surface area contributed by atoms with E-state index in [0.29, 0.717) is 51.7 Å². The van der Waals surface area contributed by atoms with E-state index in [1.54, 1.807) is 0 Å². The summed E-state index contributed by atoms with van der Waals surface area (Å²) in [4.78, 5) is 0. The van der Waals surface area contributed by atoms with Crippen molar-refractivity contribution in [2.75, 3.05) is 46.8 Å². The van der Waals surface area contributed by atoms with Gasteiger partial charge in [-0.2, -0.15) is 0 Å². The SMILES string of the molecule is CCC(CC)(CO)COCC(O)CCCC(O)CO.COCC(O)CCCC(O)CO. The molecule has 4 unspecified atom stereocenters. The van der Waals surface area contributed by atoms with E-state index in [1.165, 1.54) is 7.11 Å². The molecule has 190 valence electrons. The molecule has 0 aliphatic heterocycles. The fraction of sp³-hybridized carbons (Fsp3) is 1.00. The van der Waals surface area contributed by atoms with Crippen LogP contribution in [0.5, 0.6) is 0 Å². The highest BCUT2D eigenvalue weighted by Gasteiger charge is 2.25. The zero-order valence-electron chi connectivity index (χ0n) is 19.7. The Bertz CT molecular complexity index is 359. The molecular formula is C22H48O9. The molecule has 0 heterocycles. The Balaban J connectivity index is 0. The first-order valence-corrected chi connectivity index (χ1v) is 11.4. The monoisotopic (exact) mass is 456 g/mol. The van der Waals surface area contributed by atoms with E-state index in [9.17, 15) is 10.2 Å². The van der Waals surface area contributed by atoms with Gasteiger partial charge in [-0.25, -0.2) is 0 Å². The third-order valence-electron chi connectivity index (χ3n) is 5.48. The minimum atomic E-state index is -0.699. The molecule has 0 saturated carbocycles. The molecule has 0 amide bonds. The van der Waals surface area contributed by atoms with Crippen LogP contribution in [0.4, 0.5) is 0 Å². The molecule has 0 bridgehead atoms. The normalized spacial score (nSPS) is 15.7. The molecule has 0 aliphatic rings. The Morgan fingerprint density at radius 1 is 0.677 bits per heavy atom. The molecular weight excluding hydrogens is 408 g/mol. The topological polar surface area (TPSA) is 160 Å². The Labute approximate surface area is 187 Å². The molecule has 0 fully saturated rings. The van der Waals surface area contributed by atoms with E-state index in [0.717, 1.165) is 12.8 Å². The van der Waals surface area contributed by atoms with Gasteiger partial charge in [-0.1, -0.05) is 13.8 Å². The van der Waals surface area contributed by atoms with Gasteiger partial charge in [-0.3, -0.25) is 0 Å². The Kier molecular flexibility index (Phi) is 22.7. The Hall–Kier alpha value is -0.360. The molecule has 0 aromatic heterocycles. The summed E-state index contributed by atoms with van der Waals surface area (Å²) >= 11 is 0. The molecule has 0 aromatic rings. The molecule has 31 heavy (non-hydrogen) atoms. The molecule has 0 spiro atoms. The minimum absolute atomic E-state index is 0.0960. The first-order valence-electron chi connectivity index (χ1n) is 11.4. The summed E-state index contributed by atoms with van der Waals surface area (Å²) in [6.45, 7) is 4.72. The van der Waals surface area contributed by atoms with E-state index < -0.39 is 24.4 Å². The second-order valence-electron chi connectivity index (χ2n) is 8.18. The molecule has 0 rings (SSSR count). The maximum atomic E-state index is 9.72. The fourth-order valence-corrected chi connectivity index (χ4v) is 2.85. The second-order valence-corrected chi connectivity index (χ2v) is 8.18. The van der Waals surface area contributed by atoms with Crippen molar-refractivity contribution in [1.82, 2.24) is 0 Å². The minimum Gasteiger partial charge on any atom is -0.396 e. The van der Waals surface area contributed by atoms with Gasteiger partial charge >= 0.3 is 0 Å². The predicted octanol–water partition coefficient (Wildman–Crippen LogP) is 0.203. The van der Waals surface area contributed by atoms with Crippen molar-refractivity contribution < 1.29 is 45.2 Å². The number of aliphatic hydroxyl groups is 7. The van der Waals surface area contributed by atoms with Crippen LogP contribution in [0.15, 0.2) is 0 Å². The molecule has 0 saturated heterocycles. The quantitative estimate of drug-likeness (QED) is 0.144. The largest absolute Gasteiger partial charge is 0.396 e. The van der Waals surface area contributed by atoms with Gasteiger partial charge in [0.2, 0.25) is 0 Å². The van der Waals surface area contributed by atoms with Crippen LogP contribution in [0.1, 0.15) is 65.2 Å². The van der Waals surface area contributed by atoms with E-state index in [4.69, 9.17) is 35.0 Å². The van der Waals surface area contributed by atoms with Gasteiger partial charge in [-0.05, 0) is 51.4 Å². The molecule has 0 aromatic carbocycles. The third-order valence-corrected chi connectivity index (χ3v) is 5.48. The fourth-order valence-electron chi connectivity index (χ4n) is 2.85. The van der Waals surface area contributed by atoms with Gasteiger partial charge in [0.25, 0.3) is 0 Å². The third kappa shape index (κ3) is 18.9. The summed E-state index contributed by atoms with van der Waals surface area (Å²) in [6.07, 6.45) is 2.83. The van der Waals surface area contributed by atoms with Gasteiger partial charge in [-0.15, -0.1) is 0 Å². The Morgan fingerprint density at radius 2 is 1.10 bits per heavy atom. The second kappa shape index (κ2) is 21.5. The van der Waals surface area contributed by atoms with E-state index >= 15 is 0 Å². The van der Waals surface area contributed by atoms with Crippen LogP contribution < -0.4 is 0 Å². The van der Waals surface area contributed by atoms with Crippen molar-refractivity contribution in [3.8, 4) is 0 Å². The summed E-state index contributed by atoms with van der Waals surface area (Å²) in [5, 5.41) is 63.5. The molecule has 9 heteroatoms. The standard InChI is InChI=1S/C14H30O5.C8H18O4/c1-3-14(4-2,10-16)11-19-9-13(18)7-5-6-12(17)8-15;1-12-6-8(11)4-2-3-7(10)5-9/h12-13,15-18H,3-11H2,1-2H3;7-11H,2-6H2,1H3. The maximum Gasteiger partial charge on any atom is 0.0773 e. The molecule has 4 atom stereocenters.